The Balaban J connectivity index is 1.96. The van der Waals surface area contributed by atoms with Gasteiger partial charge in [0.05, 0.1) is 0 Å². The zero-order valence-corrected chi connectivity index (χ0v) is 14.1. The van der Waals surface area contributed by atoms with Crippen LogP contribution in [0, 0.1) is 5.41 Å². The van der Waals surface area contributed by atoms with Gasteiger partial charge in [-0.3, -0.25) is 0 Å². The SMILES string of the molecule is CC(C)NCC1(CN(C)C2CCCC2)CCCCCC1. The van der Waals surface area contributed by atoms with Gasteiger partial charge in [-0.15, -0.1) is 0 Å². The molecule has 0 amide bonds. The Hall–Kier alpha value is -0.0800. The van der Waals surface area contributed by atoms with Crippen LogP contribution < -0.4 is 5.32 Å². The molecule has 0 aromatic rings. The van der Waals surface area contributed by atoms with Crippen molar-refractivity contribution >= 4 is 0 Å². The van der Waals surface area contributed by atoms with Crippen molar-refractivity contribution < 1.29 is 0 Å². The van der Waals surface area contributed by atoms with Gasteiger partial charge in [-0.2, -0.15) is 0 Å². The Labute approximate surface area is 126 Å². The second kappa shape index (κ2) is 7.79. The van der Waals surface area contributed by atoms with Gasteiger partial charge >= 0.3 is 0 Å². The average Bonchev–Trinajstić information content (AvgIpc) is 2.85. The van der Waals surface area contributed by atoms with Gasteiger partial charge in [0.2, 0.25) is 0 Å². The lowest BCUT2D eigenvalue weighted by Crippen LogP contribution is -2.46. The molecule has 0 bridgehead atoms. The number of nitrogens with zero attached hydrogens (tertiary/aromatic N) is 1. The van der Waals surface area contributed by atoms with Crippen LogP contribution >= 0.6 is 0 Å². The molecule has 20 heavy (non-hydrogen) atoms. The molecule has 1 N–H and O–H groups in total. The monoisotopic (exact) mass is 280 g/mol. The summed E-state index contributed by atoms with van der Waals surface area (Å²) in [7, 11) is 2.39. The zero-order valence-electron chi connectivity index (χ0n) is 14.1. The van der Waals surface area contributed by atoms with Gasteiger partial charge in [-0.05, 0) is 38.1 Å². The van der Waals surface area contributed by atoms with Gasteiger partial charge in [-0.1, -0.05) is 52.4 Å². The number of hydrogen-bond acceptors (Lipinski definition) is 2. The predicted molar refractivity (Wildman–Crippen MR) is 88.2 cm³/mol. The molecular weight excluding hydrogens is 244 g/mol. The van der Waals surface area contributed by atoms with Crippen molar-refractivity contribution in [3.63, 3.8) is 0 Å². The van der Waals surface area contributed by atoms with Crippen LogP contribution in [0.3, 0.4) is 0 Å². The first-order valence-electron chi connectivity index (χ1n) is 9.05. The van der Waals surface area contributed by atoms with E-state index in [9.17, 15) is 0 Å². The topological polar surface area (TPSA) is 15.3 Å². The van der Waals surface area contributed by atoms with E-state index in [0.29, 0.717) is 11.5 Å². The second-order valence-electron chi connectivity index (χ2n) is 7.80. The summed E-state index contributed by atoms with van der Waals surface area (Å²) in [6.45, 7) is 7.11. The van der Waals surface area contributed by atoms with Gasteiger partial charge in [0, 0.05) is 25.2 Å². The van der Waals surface area contributed by atoms with Crippen molar-refractivity contribution in [2.45, 2.75) is 90.1 Å². The van der Waals surface area contributed by atoms with Gasteiger partial charge in [0.15, 0.2) is 0 Å². The van der Waals surface area contributed by atoms with Crippen LogP contribution in [0.1, 0.15) is 78.1 Å². The summed E-state index contributed by atoms with van der Waals surface area (Å²) in [6, 6.07) is 1.49. The number of hydrogen-bond donors (Lipinski definition) is 1. The predicted octanol–water partition coefficient (Wildman–Crippen LogP) is 4.20. The molecule has 0 atom stereocenters. The summed E-state index contributed by atoms with van der Waals surface area (Å²) in [5.41, 5.74) is 0.540. The van der Waals surface area contributed by atoms with Crippen LogP contribution in [-0.2, 0) is 0 Å². The van der Waals surface area contributed by atoms with Gasteiger partial charge in [0.25, 0.3) is 0 Å². The van der Waals surface area contributed by atoms with Crippen LogP contribution in [0.5, 0.6) is 0 Å². The summed E-state index contributed by atoms with van der Waals surface area (Å²) >= 11 is 0. The summed E-state index contributed by atoms with van der Waals surface area (Å²) in [4.78, 5) is 2.71. The molecule has 2 aliphatic carbocycles. The minimum atomic E-state index is 0.540. The number of nitrogens with one attached hydrogen (secondary N) is 1. The van der Waals surface area contributed by atoms with Crippen LogP contribution in [0.4, 0.5) is 0 Å². The molecule has 2 rings (SSSR count). The molecule has 0 aliphatic heterocycles. The third-order valence-corrected chi connectivity index (χ3v) is 5.58. The van der Waals surface area contributed by atoms with E-state index >= 15 is 0 Å². The quantitative estimate of drug-likeness (QED) is 0.734. The largest absolute Gasteiger partial charge is 0.314 e. The average molecular weight is 280 g/mol. The van der Waals surface area contributed by atoms with E-state index in [0.717, 1.165) is 6.04 Å². The fraction of sp³-hybridized carbons (Fsp3) is 1.00. The lowest BCUT2D eigenvalue weighted by molar-refractivity contribution is 0.114. The molecule has 0 aromatic heterocycles. The molecule has 2 fully saturated rings. The van der Waals surface area contributed by atoms with E-state index < -0.39 is 0 Å². The highest BCUT2D eigenvalue weighted by Crippen LogP contribution is 2.37. The highest BCUT2D eigenvalue weighted by molar-refractivity contribution is 4.89. The van der Waals surface area contributed by atoms with Crippen molar-refractivity contribution in [1.82, 2.24) is 10.2 Å². The van der Waals surface area contributed by atoms with Crippen LogP contribution in [0.15, 0.2) is 0 Å². The fourth-order valence-electron chi connectivity index (χ4n) is 4.29. The van der Waals surface area contributed by atoms with Crippen molar-refractivity contribution in [1.29, 1.82) is 0 Å². The Bertz CT molecular complexity index is 261. The standard InChI is InChI=1S/C18H36N2/c1-16(2)19-14-18(12-8-4-5-9-13-18)15-20(3)17-10-6-7-11-17/h16-17,19H,4-15H2,1-3H3. The van der Waals surface area contributed by atoms with Crippen LogP contribution in [0.2, 0.25) is 0 Å². The molecule has 118 valence electrons. The first-order valence-corrected chi connectivity index (χ1v) is 9.05. The lowest BCUT2D eigenvalue weighted by Gasteiger charge is -2.39. The molecule has 0 radical (unpaired) electrons. The minimum absolute atomic E-state index is 0.540. The van der Waals surface area contributed by atoms with Crippen molar-refractivity contribution in [3.8, 4) is 0 Å². The summed E-state index contributed by atoms with van der Waals surface area (Å²) in [6.07, 6.45) is 14.4. The maximum Gasteiger partial charge on any atom is 0.00924 e. The van der Waals surface area contributed by atoms with Crippen LogP contribution in [-0.4, -0.2) is 37.1 Å². The Morgan fingerprint density at radius 2 is 1.60 bits per heavy atom. The molecule has 0 heterocycles. The molecule has 0 saturated heterocycles. The summed E-state index contributed by atoms with van der Waals surface area (Å²) < 4.78 is 0. The maximum atomic E-state index is 3.75. The molecule has 0 unspecified atom stereocenters. The normalized spacial score (nSPS) is 24.4. The Morgan fingerprint density at radius 3 is 2.15 bits per heavy atom. The first kappa shape index (κ1) is 16.3. The van der Waals surface area contributed by atoms with E-state index in [1.165, 1.54) is 77.3 Å². The van der Waals surface area contributed by atoms with E-state index in [-0.39, 0.29) is 0 Å². The third-order valence-electron chi connectivity index (χ3n) is 5.58. The van der Waals surface area contributed by atoms with E-state index in [4.69, 9.17) is 0 Å². The number of rotatable bonds is 6. The van der Waals surface area contributed by atoms with E-state index in [2.05, 4.69) is 31.1 Å². The molecule has 0 aromatic carbocycles. The smallest absolute Gasteiger partial charge is 0.00924 e. The molecule has 2 saturated carbocycles. The molecule has 2 aliphatic rings. The van der Waals surface area contributed by atoms with E-state index in [1.54, 1.807) is 0 Å². The zero-order chi connectivity index (χ0) is 14.4. The lowest BCUT2D eigenvalue weighted by atomic mass is 9.79. The van der Waals surface area contributed by atoms with Gasteiger partial charge in [-0.25, -0.2) is 0 Å². The van der Waals surface area contributed by atoms with Crippen LogP contribution in [0.25, 0.3) is 0 Å². The summed E-state index contributed by atoms with van der Waals surface area (Å²) in [5, 5.41) is 3.75. The third kappa shape index (κ3) is 4.73. The highest BCUT2D eigenvalue weighted by atomic mass is 15.1. The Morgan fingerprint density at radius 1 is 1.00 bits per heavy atom. The summed E-state index contributed by atoms with van der Waals surface area (Å²) in [5.74, 6) is 0. The highest BCUT2D eigenvalue weighted by Gasteiger charge is 2.34. The van der Waals surface area contributed by atoms with Gasteiger partial charge < -0.3 is 10.2 Å². The molecular formula is C18H36N2. The molecule has 2 heteroatoms. The fourth-order valence-corrected chi connectivity index (χ4v) is 4.29. The van der Waals surface area contributed by atoms with Crippen molar-refractivity contribution in [2.75, 3.05) is 20.1 Å². The Kier molecular flexibility index (Phi) is 6.35. The van der Waals surface area contributed by atoms with Crippen molar-refractivity contribution in [2.24, 2.45) is 5.41 Å². The molecule has 2 nitrogen and oxygen atoms in total. The minimum Gasteiger partial charge on any atom is -0.314 e. The van der Waals surface area contributed by atoms with Crippen molar-refractivity contribution in [3.05, 3.63) is 0 Å². The van der Waals surface area contributed by atoms with Gasteiger partial charge in [0.1, 0.15) is 0 Å². The first-order chi connectivity index (χ1) is 9.61. The second-order valence-corrected chi connectivity index (χ2v) is 7.80. The maximum absolute atomic E-state index is 3.75. The van der Waals surface area contributed by atoms with E-state index in [1.807, 2.05) is 0 Å². The molecule has 0 spiro atoms.